The van der Waals surface area contributed by atoms with Crippen molar-refractivity contribution in [2.45, 2.75) is 13.3 Å². The van der Waals surface area contributed by atoms with Crippen molar-refractivity contribution in [1.29, 1.82) is 0 Å². The molecule has 0 aliphatic carbocycles. The fourth-order valence-electron chi connectivity index (χ4n) is 1.61. The number of pyridine rings is 1. The number of benzene rings is 1. The molecule has 94 valence electrons. The third-order valence-corrected chi connectivity index (χ3v) is 2.64. The number of nitrogens with two attached hydrogens (primary N) is 1. The highest BCUT2D eigenvalue weighted by Crippen LogP contribution is 2.33. The van der Waals surface area contributed by atoms with E-state index in [-0.39, 0.29) is 0 Å². The second-order valence-corrected chi connectivity index (χ2v) is 3.84. The average molecular weight is 244 g/mol. The SMILES string of the molecule is CCc1ccc(Oc2ncccc2N)c(OC)c1. The number of aryl methyl sites for hydroxylation is 1. The van der Waals surface area contributed by atoms with Crippen molar-refractivity contribution in [3.63, 3.8) is 0 Å². The molecular formula is C14H16N2O2. The standard InChI is InChI=1S/C14H16N2O2/c1-3-10-6-7-12(13(9-10)17-2)18-14-11(15)5-4-8-16-14/h4-9H,3,15H2,1-2H3. The van der Waals surface area contributed by atoms with Gasteiger partial charge in [0.25, 0.3) is 0 Å². The predicted octanol–water partition coefficient (Wildman–Crippen LogP) is 3.03. The number of rotatable bonds is 4. The Morgan fingerprint density at radius 3 is 2.72 bits per heavy atom. The van der Waals surface area contributed by atoms with Crippen molar-refractivity contribution in [1.82, 2.24) is 4.98 Å². The molecule has 0 unspecified atom stereocenters. The first-order valence-corrected chi connectivity index (χ1v) is 5.80. The molecule has 0 amide bonds. The number of hydrogen-bond acceptors (Lipinski definition) is 4. The summed E-state index contributed by atoms with van der Waals surface area (Å²) in [6.07, 6.45) is 2.58. The van der Waals surface area contributed by atoms with Crippen LogP contribution in [-0.4, -0.2) is 12.1 Å². The summed E-state index contributed by atoms with van der Waals surface area (Å²) in [4.78, 5) is 4.09. The van der Waals surface area contributed by atoms with Crippen LogP contribution in [0.2, 0.25) is 0 Å². The number of hydrogen-bond donors (Lipinski definition) is 1. The highest BCUT2D eigenvalue weighted by molar-refractivity contribution is 5.51. The molecule has 2 aromatic rings. The van der Waals surface area contributed by atoms with E-state index in [9.17, 15) is 0 Å². The fourth-order valence-corrected chi connectivity index (χ4v) is 1.61. The number of methoxy groups -OCH3 is 1. The molecule has 0 aliphatic heterocycles. The van der Waals surface area contributed by atoms with Gasteiger partial charge < -0.3 is 15.2 Å². The number of anilines is 1. The third kappa shape index (κ3) is 2.53. The predicted molar refractivity (Wildman–Crippen MR) is 71.1 cm³/mol. The van der Waals surface area contributed by atoms with E-state index in [4.69, 9.17) is 15.2 Å². The highest BCUT2D eigenvalue weighted by atomic mass is 16.5. The summed E-state index contributed by atoms with van der Waals surface area (Å²) >= 11 is 0. The number of ether oxygens (including phenoxy) is 2. The molecule has 2 rings (SSSR count). The lowest BCUT2D eigenvalue weighted by atomic mass is 10.1. The molecule has 0 fully saturated rings. The maximum absolute atomic E-state index is 5.79. The van der Waals surface area contributed by atoms with Crippen molar-refractivity contribution in [2.24, 2.45) is 0 Å². The maximum atomic E-state index is 5.79. The van der Waals surface area contributed by atoms with Crippen LogP contribution in [0, 0.1) is 0 Å². The minimum atomic E-state index is 0.389. The van der Waals surface area contributed by atoms with E-state index in [0.29, 0.717) is 23.1 Å². The van der Waals surface area contributed by atoms with Crippen molar-refractivity contribution in [3.05, 3.63) is 42.1 Å². The van der Waals surface area contributed by atoms with E-state index in [1.165, 1.54) is 5.56 Å². The Hall–Kier alpha value is -2.23. The van der Waals surface area contributed by atoms with Crippen LogP contribution >= 0.6 is 0 Å². The molecule has 0 spiro atoms. The van der Waals surface area contributed by atoms with Gasteiger partial charge in [-0.1, -0.05) is 13.0 Å². The molecule has 0 bridgehead atoms. The van der Waals surface area contributed by atoms with E-state index in [2.05, 4.69) is 11.9 Å². The lowest BCUT2D eigenvalue weighted by Crippen LogP contribution is -1.96. The molecule has 0 saturated heterocycles. The van der Waals surface area contributed by atoms with Crippen LogP contribution in [0.25, 0.3) is 0 Å². The summed E-state index contributed by atoms with van der Waals surface area (Å²) < 4.78 is 11.0. The molecule has 2 N–H and O–H groups in total. The summed E-state index contributed by atoms with van der Waals surface area (Å²) in [5.74, 6) is 1.68. The first-order valence-electron chi connectivity index (χ1n) is 5.80. The molecular weight excluding hydrogens is 228 g/mol. The van der Waals surface area contributed by atoms with E-state index in [1.807, 2.05) is 18.2 Å². The zero-order chi connectivity index (χ0) is 13.0. The minimum absolute atomic E-state index is 0.389. The van der Waals surface area contributed by atoms with Crippen LogP contribution in [0.4, 0.5) is 5.69 Å². The van der Waals surface area contributed by atoms with Crippen molar-refractivity contribution >= 4 is 5.69 Å². The van der Waals surface area contributed by atoms with Gasteiger partial charge in [-0.15, -0.1) is 0 Å². The average Bonchev–Trinajstić information content (AvgIpc) is 2.41. The summed E-state index contributed by atoms with van der Waals surface area (Å²) in [6, 6.07) is 9.33. The summed E-state index contributed by atoms with van der Waals surface area (Å²) in [6.45, 7) is 2.09. The molecule has 0 saturated carbocycles. The lowest BCUT2D eigenvalue weighted by molar-refractivity contribution is 0.374. The molecule has 1 heterocycles. The smallest absolute Gasteiger partial charge is 0.242 e. The molecule has 4 heteroatoms. The maximum Gasteiger partial charge on any atom is 0.242 e. The topological polar surface area (TPSA) is 57.4 Å². The minimum Gasteiger partial charge on any atom is -0.493 e. The molecule has 0 atom stereocenters. The Morgan fingerprint density at radius 1 is 1.22 bits per heavy atom. The largest absolute Gasteiger partial charge is 0.493 e. The van der Waals surface area contributed by atoms with Crippen molar-refractivity contribution < 1.29 is 9.47 Å². The van der Waals surface area contributed by atoms with Crippen LogP contribution in [-0.2, 0) is 6.42 Å². The summed E-state index contributed by atoms with van der Waals surface area (Å²) in [7, 11) is 1.61. The fraction of sp³-hybridized carbons (Fsp3) is 0.214. The Balaban J connectivity index is 2.32. The Morgan fingerprint density at radius 2 is 2.06 bits per heavy atom. The van der Waals surface area contributed by atoms with Crippen LogP contribution < -0.4 is 15.2 Å². The van der Waals surface area contributed by atoms with Gasteiger partial charge in [0.15, 0.2) is 11.5 Å². The number of nitrogen functional groups attached to an aromatic ring is 1. The second kappa shape index (κ2) is 5.40. The molecule has 18 heavy (non-hydrogen) atoms. The zero-order valence-corrected chi connectivity index (χ0v) is 10.5. The van der Waals surface area contributed by atoms with Gasteiger partial charge in [0.1, 0.15) is 0 Å². The van der Waals surface area contributed by atoms with Gasteiger partial charge in [0.2, 0.25) is 5.88 Å². The van der Waals surface area contributed by atoms with Gasteiger partial charge in [0.05, 0.1) is 12.8 Å². The summed E-state index contributed by atoms with van der Waals surface area (Å²) in [5.41, 5.74) is 7.48. The van der Waals surface area contributed by atoms with Gasteiger partial charge >= 0.3 is 0 Å². The van der Waals surface area contributed by atoms with E-state index >= 15 is 0 Å². The van der Waals surface area contributed by atoms with Gasteiger partial charge in [-0.2, -0.15) is 0 Å². The van der Waals surface area contributed by atoms with Gasteiger partial charge in [-0.25, -0.2) is 4.98 Å². The van der Waals surface area contributed by atoms with Crippen molar-refractivity contribution in [2.75, 3.05) is 12.8 Å². The van der Waals surface area contributed by atoms with Crippen LogP contribution in [0.15, 0.2) is 36.5 Å². The van der Waals surface area contributed by atoms with Crippen LogP contribution in [0.3, 0.4) is 0 Å². The van der Waals surface area contributed by atoms with E-state index in [0.717, 1.165) is 6.42 Å². The number of aromatic nitrogens is 1. The first kappa shape index (κ1) is 12.2. The Kier molecular flexibility index (Phi) is 3.67. The molecule has 0 aliphatic rings. The zero-order valence-electron chi connectivity index (χ0n) is 10.5. The van der Waals surface area contributed by atoms with Gasteiger partial charge in [0, 0.05) is 6.20 Å². The normalized spacial score (nSPS) is 10.1. The van der Waals surface area contributed by atoms with E-state index in [1.54, 1.807) is 25.4 Å². The Bertz CT molecular complexity index is 541. The van der Waals surface area contributed by atoms with Crippen molar-refractivity contribution in [3.8, 4) is 17.4 Å². The quantitative estimate of drug-likeness (QED) is 0.898. The van der Waals surface area contributed by atoms with Crippen LogP contribution in [0.1, 0.15) is 12.5 Å². The molecule has 4 nitrogen and oxygen atoms in total. The number of nitrogens with zero attached hydrogens (tertiary/aromatic N) is 1. The molecule has 1 aromatic carbocycles. The highest BCUT2D eigenvalue weighted by Gasteiger charge is 2.09. The Labute approximate surface area is 106 Å². The van der Waals surface area contributed by atoms with Crippen LogP contribution in [0.5, 0.6) is 17.4 Å². The van der Waals surface area contributed by atoms with Gasteiger partial charge in [-0.05, 0) is 36.2 Å². The van der Waals surface area contributed by atoms with Gasteiger partial charge in [-0.3, -0.25) is 0 Å². The first-order chi connectivity index (χ1) is 8.74. The monoisotopic (exact) mass is 244 g/mol. The lowest BCUT2D eigenvalue weighted by Gasteiger charge is -2.11. The molecule has 1 aromatic heterocycles. The second-order valence-electron chi connectivity index (χ2n) is 3.84. The third-order valence-electron chi connectivity index (χ3n) is 2.64. The molecule has 0 radical (unpaired) electrons. The van der Waals surface area contributed by atoms with E-state index < -0.39 is 0 Å². The summed E-state index contributed by atoms with van der Waals surface area (Å²) in [5, 5.41) is 0.